The molecule has 0 amide bonds. The zero-order chi connectivity index (χ0) is 14.2. The predicted molar refractivity (Wildman–Crippen MR) is 83.4 cm³/mol. The van der Waals surface area contributed by atoms with E-state index in [1.165, 1.54) is 22.3 Å². The smallest absolute Gasteiger partial charge is 0.0924 e. The van der Waals surface area contributed by atoms with E-state index in [9.17, 15) is 0 Å². The van der Waals surface area contributed by atoms with Gasteiger partial charge in [0.2, 0.25) is 0 Å². The van der Waals surface area contributed by atoms with Gasteiger partial charge in [-0.3, -0.25) is 4.68 Å². The first kappa shape index (κ1) is 12.1. The monoisotopic (exact) mass is 276 g/mol. The van der Waals surface area contributed by atoms with Crippen molar-refractivity contribution in [2.24, 2.45) is 7.05 Å². The number of allylic oxidation sites excluding steroid dienone is 1. The number of H-pyrrole nitrogens is 1. The van der Waals surface area contributed by atoms with Crippen molar-refractivity contribution in [1.29, 1.82) is 0 Å². The van der Waals surface area contributed by atoms with Crippen molar-refractivity contribution in [3.05, 3.63) is 59.8 Å². The lowest BCUT2D eigenvalue weighted by Crippen LogP contribution is -1.94. The summed E-state index contributed by atoms with van der Waals surface area (Å²) < 4.78 is 1.91. The Labute approximate surface area is 123 Å². The van der Waals surface area contributed by atoms with Crippen LogP contribution in [0.5, 0.6) is 0 Å². The molecule has 2 heterocycles. The third-order valence-electron chi connectivity index (χ3n) is 4.09. The average Bonchev–Trinajstić information content (AvgIpc) is 3.21. The van der Waals surface area contributed by atoms with Crippen molar-refractivity contribution >= 4 is 11.6 Å². The van der Waals surface area contributed by atoms with E-state index in [1.807, 2.05) is 24.1 Å². The van der Waals surface area contributed by atoms with Crippen LogP contribution in [-0.4, -0.2) is 19.7 Å². The van der Waals surface area contributed by atoms with Gasteiger partial charge in [-0.1, -0.05) is 12.1 Å². The van der Waals surface area contributed by atoms with E-state index < -0.39 is 0 Å². The van der Waals surface area contributed by atoms with Crippen molar-refractivity contribution in [2.75, 3.05) is 0 Å². The molecule has 1 aliphatic carbocycles. The third kappa shape index (κ3) is 2.09. The first-order valence-corrected chi connectivity index (χ1v) is 7.12. The van der Waals surface area contributed by atoms with Crippen LogP contribution < -0.4 is 0 Å². The van der Waals surface area contributed by atoms with E-state index in [-0.39, 0.29) is 0 Å². The number of nitrogens with one attached hydrogen (secondary N) is 1. The Morgan fingerprint density at radius 1 is 1.24 bits per heavy atom. The molecule has 0 radical (unpaired) electrons. The number of aromatic amines is 1. The molecule has 0 saturated heterocycles. The molecular formula is C17H16N4. The van der Waals surface area contributed by atoms with Gasteiger partial charge in [-0.05, 0) is 47.8 Å². The minimum absolute atomic E-state index is 1.06. The second-order valence-corrected chi connectivity index (χ2v) is 5.39. The van der Waals surface area contributed by atoms with E-state index >= 15 is 0 Å². The van der Waals surface area contributed by atoms with E-state index in [2.05, 4.69) is 45.4 Å². The normalized spacial score (nSPS) is 15.6. The molecule has 0 bridgehead atoms. The summed E-state index contributed by atoms with van der Waals surface area (Å²) in [5.41, 5.74) is 7.56. The van der Waals surface area contributed by atoms with Crippen molar-refractivity contribution < 1.29 is 0 Å². The van der Waals surface area contributed by atoms with Gasteiger partial charge in [-0.15, -0.1) is 0 Å². The van der Waals surface area contributed by atoms with Crippen LogP contribution in [0.2, 0.25) is 0 Å². The maximum absolute atomic E-state index is 4.26. The molecule has 0 aliphatic heterocycles. The third-order valence-corrected chi connectivity index (χ3v) is 4.09. The maximum Gasteiger partial charge on any atom is 0.0924 e. The zero-order valence-electron chi connectivity index (χ0n) is 11.9. The summed E-state index contributed by atoms with van der Waals surface area (Å²) in [5.74, 6) is 0. The van der Waals surface area contributed by atoms with E-state index in [0.29, 0.717) is 0 Å². The molecular weight excluding hydrogens is 260 g/mol. The quantitative estimate of drug-likeness (QED) is 0.780. The molecule has 4 heteroatoms. The van der Waals surface area contributed by atoms with Crippen LogP contribution in [-0.2, 0) is 13.5 Å². The van der Waals surface area contributed by atoms with Gasteiger partial charge in [0.1, 0.15) is 0 Å². The van der Waals surface area contributed by atoms with Crippen LogP contribution in [0.3, 0.4) is 0 Å². The van der Waals surface area contributed by atoms with Crippen molar-refractivity contribution in [1.82, 2.24) is 19.7 Å². The number of nitrogens with zero attached hydrogens (tertiary/aromatic N) is 3. The molecule has 0 spiro atoms. The highest BCUT2D eigenvalue weighted by atomic mass is 15.3. The number of benzene rings is 1. The van der Waals surface area contributed by atoms with Crippen molar-refractivity contribution in [3.8, 4) is 11.3 Å². The number of hydrogen-bond acceptors (Lipinski definition) is 2. The zero-order valence-corrected chi connectivity index (χ0v) is 11.9. The highest BCUT2D eigenvalue weighted by Crippen LogP contribution is 2.36. The Morgan fingerprint density at radius 2 is 2.19 bits per heavy atom. The van der Waals surface area contributed by atoms with Crippen LogP contribution in [0.4, 0.5) is 0 Å². The fourth-order valence-electron chi connectivity index (χ4n) is 3.00. The number of aromatic nitrogens is 4. The van der Waals surface area contributed by atoms with Gasteiger partial charge in [-0.25, -0.2) is 4.98 Å². The number of aryl methyl sites for hydroxylation is 2. The largest absolute Gasteiger partial charge is 0.345 e. The summed E-state index contributed by atoms with van der Waals surface area (Å²) in [6.45, 7) is 0. The van der Waals surface area contributed by atoms with Crippen molar-refractivity contribution in [2.45, 2.75) is 12.8 Å². The van der Waals surface area contributed by atoms with Gasteiger partial charge in [-0.2, -0.15) is 5.10 Å². The summed E-state index contributed by atoms with van der Waals surface area (Å²) in [4.78, 5) is 7.22. The van der Waals surface area contributed by atoms with Gasteiger partial charge in [0.15, 0.2) is 0 Å². The minimum atomic E-state index is 1.06. The van der Waals surface area contributed by atoms with Gasteiger partial charge in [0.25, 0.3) is 0 Å². The Hall–Kier alpha value is -2.62. The first-order chi connectivity index (χ1) is 10.3. The molecule has 0 fully saturated rings. The fourth-order valence-corrected chi connectivity index (χ4v) is 3.00. The summed E-state index contributed by atoms with van der Waals surface area (Å²) in [7, 11) is 1.98. The molecule has 1 N–H and O–H groups in total. The van der Waals surface area contributed by atoms with Gasteiger partial charge in [0.05, 0.1) is 23.9 Å². The van der Waals surface area contributed by atoms with Crippen LogP contribution in [0, 0.1) is 0 Å². The highest BCUT2D eigenvalue weighted by Gasteiger charge is 2.17. The summed E-state index contributed by atoms with van der Waals surface area (Å²) in [6.07, 6.45) is 9.81. The summed E-state index contributed by atoms with van der Waals surface area (Å²) in [6, 6.07) is 8.76. The maximum atomic E-state index is 4.26. The lowest BCUT2D eigenvalue weighted by Gasteiger charge is -2.06. The summed E-state index contributed by atoms with van der Waals surface area (Å²) >= 11 is 0. The van der Waals surface area contributed by atoms with Crippen LogP contribution in [0.25, 0.3) is 22.9 Å². The molecule has 0 atom stereocenters. The molecule has 0 saturated carbocycles. The Balaban J connectivity index is 1.79. The summed E-state index contributed by atoms with van der Waals surface area (Å²) in [5, 5.41) is 4.26. The highest BCUT2D eigenvalue weighted by molar-refractivity contribution is 5.86. The minimum Gasteiger partial charge on any atom is -0.345 e. The number of fused-ring (bicyclic) bond motifs is 1. The predicted octanol–water partition coefficient (Wildman–Crippen LogP) is 3.30. The second kappa shape index (κ2) is 4.74. The molecule has 4 rings (SSSR count). The van der Waals surface area contributed by atoms with E-state index in [0.717, 1.165) is 24.2 Å². The van der Waals surface area contributed by atoms with E-state index in [4.69, 9.17) is 0 Å². The Morgan fingerprint density at radius 3 is 2.95 bits per heavy atom. The fraction of sp³-hybridized carbons (Fsp3) is 0.176. The van der Waals surface area contributed by atoms with E-state index in [1.54, 1.807) is 6.33 Å². The second-order valence-electron chi connectivity index (χ2n) is 5.39. The first-order valence-electron chi connectivity index (χ1n) is 7.12. The topological polar surface area (TPSA) is 46.5 Å². The molecule has 104 valence electrons. The molecule has 4 nitrogen and oxygen atoms in total. The van der Waals surface area contributed by atoms with Gasteiger partial charge < -0.3 is 4.98 Å². The van der Waals surface area contributed by atoms with Crippen LogP contribution >= 0.6 is 0 Å². The molecule has 1 aromatic carbocycles. The van der Waals surface area contributed by atoms with Crippen LogP contribution in [0.15, 0.2) is 43.0 Å². The average molecular weight is 276 g/mol. The lowest BCUT2D eigenvalue weighted by atomic mass is 10.0. The van der Waals surface area contributed by atoms with Crippen molar-refractivity contribution in [3.63, 3.8) is 0 Å². The number of hydrogen-bond donors (Lipinski definition) is 1. The molecule has 2 aromatic heterocycles. The molecule has 21 heavy (non-hydrogen) atoms. The SMILES string of the molecule is Cn1nccc1-c1ccc2c(c1)C(=Cc1cnc[nH]1)CC2. The molecule has 0 unspecified atom stereocenters. The number of rotatable bonds is 2. The standard InChI is InChI=1S/C17H16N4/c1-21-17(6-7-20-21)14-5-3-12-2-4-13(16(12)9-14)8-15-10-18-11-19-15/h3,5-11H,2,4H2,1H3,(H,18,19). The molecule has 3 aromatic rings. The number of imidazole rings is 1. The Bertz CT molecular complexity index is 809. The van der Waals surface area contributed by atoms with Crippen LogP contribution in [0.1, 0.15) is 23.2 Å². The molecule has 1 aliphatic rings. The van der Waals surface area contributed by atoms with Gasteiger partial charge >= 0.3 is 0 Å². The van der Waals surface area contributed by atoms with Gasteiger partial charge in [0, 0.05) is 18.8 Å². The lowest BCUT2D eigenvalue weighted by molar-refractivity contribution is 0.776. The Kier molecular flexibility index (Phi) is 2.74.